The average Bonchev–Trinajstić information content (AvgIpc) is 3.21. The lowest BCUT2D eigenvalue weighted by Crippen LogP contribution is -2.62. The van der Waals surface area contributed by atoms with Crippen molar-refractivity contribution in [3.63, 3.8) is 0 Å². The molecule has 0 aromatic heterocycles. The van der Waals surface area contributed by atoms with Crippen molar-refractivity contribution in [3.05, 3.63) is 69.7 Å². The number of halogens is 3. The van der Waals surface area contributed by atoms with E-state index in [-0.39, 0.29) is 23.4 Å². The predicted octanol–water partition coefficient (Wildman–Crippen LogP) is -4.07. The van der Waals surface area contributed by atoms with E-state index in [2.05, 4.69) is 0 Å². The van der Waals surface area contributed by atoms with Gasteiger partial charge in [0.1, 0.15) is 45.3 Å². The summed E-state index contributed by atoms with van der Waals surface area (Å²) in [4.78, 5) is 55.8. The van der Waals surface area contributed by atoms with E-state index in [0.29, 0.717) is 16.7 Å². The molecular formula is C22H25B7ClF2N3O4. The Balaban J connectivity index is 1.62. The van der Waals surface area contributed by atoms with Gasteiger partial charge in [0.15, 0.2) is 0 Å². The number of nitrogens with zero attached hydrogens (tertiary/aromatic N) is 3. The molecule has 2 aromatic carbocycles. The van der Waals surface area contributed by atoms with Crippen molar-refractivity contribution < 1.29 is 28.0 Å². The Morgan fingerprint density at radius 3 is 2.21 bits per heavy atom. The standard InChI is InChI=1S/C22H25B7ClF2N3O4/c23-15-14(17(37)34(28)18(38)20(15,24)25)33-8-9-7-11(3-6-13(9)16(33)36)22(26,27)35(29)19(39)21(31,32)10-1-4-12(30)5-2-10/h1-7,14-15H,8,23-29H2. The topological polar surface area (TPSA) is 78.0 Å². The Morgan fingerprint density at radius 2 is 1.62 bits per heavy atom. The summed E-state index contributed by atoms with van der Waals surface area (Å²) in [7, 11) is 11.3. The number of rotatable bonds is 5. The summed E-state index contributed by atoms with van der Waals surface area (Å²) in [6.07, 6.45) is 0. The molecule has 0 saturated carbocycles. The Kier molecular flexibility index (Phi) is 7.20. The Morgan fingerprint density at radius 1 is 1.05 bits per heavy atom. The van der Waals surface area contributed by atoms with Crippen molar-refractivity contribution in [2.75, 3.05) is 0 Å². The quantitative estimate of drug-likeness (QED) is 0.284. The molecule has 0 N–H and O–H groups in total. The van der Waals surface area contributed by atoms with E-state index in [0.717, 1.165) is 21.8 Å². The van der Waals surface area contributed by atoms with Gasteiger partial charge in [-0.3, -0.25) is 19.2 Å². The molecule has 2 aliphatic rings. The summed E-state index contributed by atoms with van der Waals surface area (Å²) in [5, 5.41) is -1.74. The molecule has 1 fully saturated rings. The van der Waals surface area contributed by atoms with Crippen molar-refractivity contribution in [2.45, 2.75) is 34.9 Å². The molecule has 2 atom stereocenters. The van der Waals surface area contributed by atoms with Gasteiger partial charge in [-0.1, -0.05) is 35.9 Å². The average molecular weight is 545 g/mol. The number of fused-ring (bicyclic) bond motifs is 1. The minimum absolute atomic E-state index is 0.121. The van der Waals surface area contributed by atoms with Crippen LogP contribution in [-0.2, 0) is 32.2 Å². The summed E-state index contributed by atoms with van der Waals surface area (Å²) >= 11 is 5.81. The van der Waals surface area contributed by atoms with E-state index < -0.39 is 45.7 Å². The highest BCUT2D eigenvalue weighted by Crippen LogP contribution is 2.44. The summed E-state index contributed by atoms with van der Waals surface area (Å²) in [5.74, 6) is -6.67. The lowest BCUT2D eigenvalue weighted by molar-refractivity contribution is -0.155. The molecular weight excluding hydrogens is 519 g/mol. The predicted molar refractivity (Wildman–Crippen MR) is 162 cm³/mol. The zero-order chi connectivity index (χ0) is 29.2. The largest absolute Gasteiger partial charge is 0.393 e. The minimum Gasteiger partial charge on any atom is -0.393 e. The monoisotopic (exact) mass is 545 g/mol. The summed E-state index contributed by atoms with van der Waals surface area (Å²) in [5.41, 5.74) is 1.10. The summed E-state index contributed by atoms with van der Waals surface area (Å²) in [6, 6.07) is 8.97. The van der Waals surface area contributed by atoms with Gasteiger partial charge >= 0.3 is 5.92 Å². The summed E-state index contributed by atoms with van der Waals surface area (Å²) < 4.78 is 30.3. The number of hydrogen-bond donors (Lipinski definition) is 0. The molecule has 0 aliphatic carbocycles. The highest BCUT2D eigenvalue weighted by atomic mass is 35.5. The number of benzene rings is 2. The lowest BCUT2D eigenvalue weighted by atomic mass is 9.40. The maximum atomic E-state index is 15.2. The van der Waals surface area contributed by atoms with Gasteiger partial charge in [0.25, 0.3) is 11.8 Å². The molecule has 2 aromatic rings. The first-order chi connectivity index (χ1) is 17.9. The van der Waals surface area contributed by atoms with Crippen molar-refractivity contribution in [1.82, 2.24) is 14.5 Å². The van der Waals surface area contributed by atoms with Crippen LogP contribution in [0.25, 0.3) is 0 Å². The molecule has 2 unspecified atom stereocenters. The fourth-order valence-electron chi connectivity index (χ4n) is 5.33. The van der Waals surface area contributed by atoms with E-state index in [1.807, 2.05) is 0 Å². The zero-order valence-electron chi connectivity index (χ0n) is 23.0. The van der Waals surface area contributed by atoms with Crippen molar-refractivity contribution >= 4 is 90.4 Å². The van der Waals surface area contributed by atoms with Crippen LogP contribution in [0.2, 0.25) is 16.1 Å². The molecule has 4 amide bonds. The number of amides is 4. The third-order valence-corrected chi connectivity index (χ3v) is 8.90. The van der Waals surface area contributed by atoms with Gasteiger partial charge in [-0.15, -0.1) is 0 Å². The first kappa shape index (κ1) is 29.1. The van der Waals surface area contributed by atoms with E-state index in [4.69, 9.17) is 11.6 Å². The van der Waals surface area contributed by atoms with E-state index in [1.165, 1.54) is 33.0 Å². The maximum Gasteiger partial charge on any atom is 0.348 e. The lowest BCUT2D eigenvalue weighted by Gasteiger charge is -2.47. The van der Waals surface area contributed by atoms with Crippen LogP contribution in [0.15, 0.2) is 42.5 Å². The molecule has 1 saturated heterocycles. The molecule has 2 heterocycles. The fourth-order valence-corrected chi connectivity index (χ4v) is 5.45. The van der Waals surface area contributed by atoms with Gasteiger partial charge < -0.3 is 14.5 Å². The third-order valence-electron chi connectivity index (χ3n) is 8.65. The van der Waals surface area contributed by atoms with Crippen molar-refractivity contribution in [1.29, 1.82) is 0 Å². The molecule has 7 nitrogen and oxygen atoms in total. The van der Waals surface area contributed by atoms with Crippen LogP contribution in [0.1, 0.15) is 27.0 Å². The van der Waals surface area contributed by atoms with E-state index in [1.54, 1.807) is 57.4 Å². The molecule has 194 valence electrons. The van der Waals surface area contributed by atoms with Gasteiger partial charge in [0, 0.05) is 22.7 Å². The first-order valence-electron chi connectivity index (χ1n) is 12.6. The molecule has 0 spiro atoms. The fraction of sp³-hybridized carbons (Fsp3) is 0.273. The van der Waals surface area contributed by atoms with Gasteiger partial charge in [0.05, 0.1) is 0 Å². The second kappa shape index (κ2) is 9.64. The number of carbonyl (C=O) groups is 4. The molecule has 0 bridgehead atoms. The second-order valence-corrected chi connectivity index (χ2v) is 11.9. The smallest absolute Gasteiger partial charge is 0.348 e. The van der Waals surface area contributed by atoms with Crippen LogP contribution in [0, 0.1) is 0 Å². The number of piperidine rings is 1. The zero-order valence-corrected chi connectivity index (χ0v) is 23.8. The molecule has 0 radical (unpaired) electrons. The van der Waals surface area contributed by atoms with Gasteiger partial charge in [-0.05, 0) is 45.7 Å². The van der Waals surface area contributed by atoms with Gasteiger partial charge in [0.2, 0.25) is 27.8 Å². The van der Waals surface area contributed by atoms with E-state index in [9.17, 15) is 19.2 Å². The third kappa shape index (κ3) is 4.54. The number of hydrogen-bond acceptors (Lipinski definition) is 4. The van der Waals surface area contributed by atoms with Gasteiger partial charge in [-0.25, -0.2) is 0 Å². The van der Waals surface area contributed by atoms with Crippen LogP contribution in [0.5, 0.6) is 0 Å². The highest BCUT2D eigenvalue weighted by Gasteiger charge is 2.53. The molecule has 2 aliphatic heterocycles. The molecule has 4 rings (SSSR count). The van der Waals surface area contributed by atoms with Crippen LogP contribution >= 0.6 is 11.6 Å². The number of alkyl halides is 2. The normalized spacial score (nSPS) is 21.2. The van der Waals surface area contributed by atoms with E-state index >= 15 is 8.78 Å². The van der Waals surface area contributed by atoms with Crippen LogP contribution in [0.3, 0.4) is 0 Å². The number of carbonyl (C=O) groups excluding carboxylic acids is 4. The second-order valence-electron chi connectivity index (χ2n) is 11.5. The summed E-state index contributed by atoms with van der Waals surface area (Å²) in [6.45, 7) is 0.121. The first-order valence-corrected chi connectivity index (χ1v) is 13.0. The minimum atomic E-state index is -3.78. The van der Waals surface area contributed by atoms with Crippen molar-refractivity contribution in [3.8, 4) is 0 Å². The van der Waals surface area contributed by atoms with Crippen LogP contribution in [0.4, 0.5) is 8.78 Å². The van der Waals surface area contributed by atoms with Crippen LogP contribution in [-0.4, -0.2) is 99.4 Å². The Labute approximate surface area is 237 Å². The Bertz CT molecular complexity index is 1400. The van der Waals surface area contributed by atoms with Crippen molar-refractivity contribution in [2.24, 2.45) is 0 Å². The number of imide groups is 1. The molecule has 39 heavy (non-hydrogen) atoms. The SMILES string of the molecule is BC1C(N2Cc3cc(C(B)(B)N(B)C(=O)C(F)(F)c4ccc(Cl)cc4)ccc3C2=O)C(=O)N(B)C(=O)C1(B)B. The maximum absolute atomic E-state index is 15.2. The highest BCUT2D eigenvalue weighted by molar-refractivity contribution is 6.57. The molecule has 17 heteroatoms. The van der Waals surface area contributed by atoms with Gasteiger partial charge in [-0.2, -0.15) is 8.78 Å². The Hall–Kier alpha value is -2.88. The van der Waals surface area contributed by atoms with Crippen LogP contribution < -0.4 is 0 Å².